The summed E-state index contributed by atoms with van der Waals surface area (Å²) in [4.78, 5) is 34.0. The predicted molar refractivity (Wildman–Crippen MR) is 102 cm³/mol. The molecule has 0 saturated heterocycles. The number of nitro benzene ring substituents is 2. The number of hydrogen-bond acceptors (Lipinski definition) is 6. The van der Waals surface area contributed by atoms with Crippen molar-refractivity contribution in [2.24, 2.45) is 0 Å². The number of benzene rings is 3. The molecule has 10 heteroatoms. The maximum absolute atomic E-state index is 13.0. The Kier molecular flexibility index (Phi) is 5.21. The Labute approximate surface area is 158 Å². The summed E-state index contributed by atoms with van der Waals surface area (Å²) in [7, 11) is 0. The number of nitro groups is 2. The van der Waals surface area contributed by atoms with Crippen molar-refractivity contribution < 1.29 is 14.7 Å². The molecule has 28 heavy (non-hydrogen) atoms. The van der Waals surface area contributed by atoms with Gasteiger partial charge in [-0.3, -0.25) is 20.2 Å². The van der Waals surface area contributed by atoms with Crippen LogP contribution in [-0.4, -0.2) is 14.7 Å². The zero-order valence-electron chi connectivity index (χ0n) is 14.3. The number of para-hydroxylation sites is 2. The number of rotatable bonds is 7. The maximum Gasteiger partial charge on any atom is 0.308 e. The molecule has 0 spiro atoms. The number of hydrogen-bond donors (Lipinski definition) is 1. The Hall–Kier alpha value is -4.34. The lowest BCUT2D eigenvalue weighted by atomic mass is 10.2. The average Bonchev–Trinajstić information content (AvgIpc) is 2.72. The van der Waals surface area contributed by atoms with Crippen LogP contribution in [0, 0.1) is 25.1 Å². The number of anilines is 2. The van der Waals surface area contributed by atoms with E-state index in [2.05, 4.69) is 5.43 Å². The summed E-state index contributed by atoms with van der Waals surface area (Å²) >= 11 is 0. The van der Waals surface area contributed by atoms with Crippen molar-refractivity contribution in [2.45, 2.75) is 0 Å². The van der Waals surface area contributed by atoms with E-state index < -0.39 is 21.2 Å². The zero-order chi connectivity index (χ0) is 20.1. The average molecular weight is 380 g/mol. The molecule has 3 aromatic rings. The molecular weight excluding hydrogens is 366 g/mol. The maximum atomic E-state index is 13.0. The Balaban J connectivity index is 2.06. The molecule has 3 aromatic carbocycles. The second kappa shape index (κ2) is 7.91. The smallest absolute Gasteiger partial charge is 0.258 e. The summed E-state index contributed by atoms with van der Waals surface area (Å²) in [6.45, 7) is 0. The van der Waals surface area contributed by atoms with Crippen molar-refractivity contribution in [3.63, 3.8) is 0 Å². The summed E-state index contributed by atoms with van der Waals surface area (Å²) in [6.07, 6.45) is 0. The van der Waals surface area contributed by atoms with Crippen molar-refractivity contribution >= 4 is 28.4 Å². The summed E-state index contributed by atoms with van der Waals surface area (Å²) in [5, 5.41) is 23.3. The van der Waals surface area contributed by atoms with E-state index in [-0.39, 0.29) is 5.69 Å². The quantitative estimate of drug-likeness (QED) is 0.367. The van der Waals surface area contributed by atoms with Gasteiger partial charge in [-0.1, -0.05) is 36.4 Å². The van der Waals surface area contributed by atoms with Gasteiger partial charge in [-0.05, 0) is 29.4 Å². The first kappa shape index (κ1) is 18.5. The molecule has 0 aromatic heterocycles. The van der Waals surface area contributed by atoms with Crippen molar-refractivity contribution in [1.29, 1.82) is 0 Å². The van der Waals surface area contributed by atoms with Gasteiger partial charge in [0, 0.05) is 0 Å². The lowest BCUT2D eigenvalue weighted by Crippen LogP contribution is -2.36. The predicted octanol–water partition coefficient (Wildman–Crippen LogP) is 4.36. The van der Waals surface area contributed by atoms with Crippen LogP contribution in [0.1, 0.15) is 0 Å². The third-order valence-electron chi connectivity index (χ3n) is 3.72. The van der Waals surface area contributed by atoms with Gasteiger partial charge in [0.2, 0.25) is 0 Å². The Bertz CT molecular complexity index is 995. The van der Waals surface area contributed by atoms with E-state index in [1.807, 2.05) is 0 Å². The van der Waals surface area contributed by atoms with E-state index in [0.717, 1.165) is 23.3 Å². The van der Waals surface area contributed by atoms with Crippen molar-refractivity contribution in [3.05, 3.63) is 104 Å². The summed E-state index contributed by atoms with van der Waals surface area (Å²) in [5.41, 5.74) is 2.51. The first-order valence-electron chi connectivity index (χ1n) is 8.03. The van der Waals surface area contributed by atoms with Crippen molar-refractivity contribution in [3.8, 4) is 0 Å². The number of hydrazine groups is 2. The van der Waals surface area contributed by atoms with E-state index in [1.165, 1.54) is 0 Å². The first-order valence-corrected chi connectivity index (χ1v) is 8.03. The second-order valence-electron chi connectivity index (χ2n) is 5.62. The van der Waals surface area contributed by atoms with Gasteiger partial charge in [0.05, 0.1) is 38.6 Å². The van der Waals surface area contributed by atoms with Crippen LogP contribution in [0.4, 0.5) is 28.4 Å². The molecule has 0 atom stereocenters. The summed E-state index contributed by atoms with van der Waals surface area (Å²) in [5.74, 6) is 0. The highest BCUT2D eigenvalue weighted by molar-refractivity contribution is 5.56. The van der Waals surface area contributed by atoms with Crippen LogP contribution < -0.4 is 10.5 Å². The summed E-state index contributed by atoms with van der Waals surface area (Å²) in [6, 6.07) is 20.0. The molecule has 3 rings (SSSR count). The van der Waals surface area contributed by atoms with Crippen LogP contribution in [0.3, 0.4) is 0 Å². The SMILES string of the molecule is O=[N+]([O-])c1cc([N+](=O)[O-])cc([N+](=O)N(Nc2ccccc2)c2ccccc2)c1. The fourth-order valence-electron chi connectivity index (χ4n) is 2.44. The first-order chi connectivity index (χ1) is 13.5. The standard InChI is InChI=1S/C18H14N5O5/c24-21(16-11-17(22(25)26)13-18(12-16)23(27)28)20(15-9-5-2-6-10-15)19-14-7-3-1-4-8-14/h1-13,19H/q+1. The van der Waals surface area contributed by atoms with Gasteiger partial charge in [-0.2, -0.15) is 0 Å². The highest BCUT2D eigenvalue weighted by atomic mass is 16.6. The molecule has 0 radical (unpaired) electrons. The number of nitroso groups, excluding NO2 is 1. The van der Waals surface area contributed by atoms with Crippen LogP contribution in [0.25, 0.3) is 0 Å². The highest BCUT2D eigenvalue weighted by Gasteiger charge is 2.31. The van der Waals surface area contributed by atoms with Gasteiger partial charge in [0.25, 0.3) is 11.4 Å². The Morgan fingerprint density at radius 2 is 1.14 bits per heavy atom. The molecule has 0 unspecified atom stereocenters. The molecule has 0 heterocycles. The highest BCUT2D eigenvalue weighted by Crippen LogP contribution is 2.29. The number of nitrogens with one attached hydrogen (secondary N) is 1. The Morgan fingerprint density at radius 1 is 0.679 bits per heavy atom. The van der Waals surface area contributed by atoms with E-state index in [1.54, 1.807) is 60.7 Å². The van der Waals surface area contributed by atoms with Crippen LogP contribution in [-0.2, 0) is 0 Å². The topological polar surface area (TPSA) is 122 Å². The minimum Gasteiger partial charge on any atom is -0.258 e. The third-order valence-corrected chi connectivity index (χ3v) is 3.72. The van der Waals surface area contributed by atoms with Gasteiger partial charge >= 0.3 is 5.69 Å². The fraction of sp³-hybridized carbons (Fsp3) is 0. The molecule has 10 nitrogen and oxygen atoms in total. The van der Waals surface area contributed by atoms with Crippen LogP contribution in [0.2, 0.25) is 0 Å². The molecular formula is C18H14N5O5+. The zero-order valence-corrected chi connectivity index (χ0v) is 14.3. The lowest BCUT2D eigenvalue weighted by Gasteiger charge is -2.16. The third kappa shape index (κ3) is 4.07. The lowest BCUT2D eigenvalue weighted by molar-refractivity contribution is -0.475. The normalized spacial score (nSPS) is 10.1. The molecule has 0 bridgehead atoms. The number of non-ortho nitro benzene ring substituents is 2. The van der Waals surface area contributed by atoms with Gasteiger partial charge in [-0.15, -0.1) is 0 Å². The van der Waals surface area contributed by atoms with Crippen LogP contribution >= 0.6 is 0 Å². The van der Waals surface area contributed by atoms with Gasteiger partial charge in [0.15, 0.2) is 4.87 Å². The molecule has 1 N–H and O–H groups in total. The molecule has 0 fully saturated rings. The fourth-order valence-corrected chi connectivity index (χ4v) is 2.44. The van der Waals surface area contributed by atoms with Gasteiger partial charge in [-0.25, -0.2) is 5.43 Å². The minimum atomic E-state index is -0.790. The van der Waals surface area contributed by atoms with E-state index in [9.17, 15) is 25.1 Å². The summed E-state index contributed by atoms with van der Waals surface area (Å²) < 4.78 is 0. The van der Waals surface area contributed by atoms with Gasteiger partial charge in [0.1, 0.15) is 5.69 Å². The molecule has 0 aliphatic heterocycles. The second-order valence-corrected chi connectivity index (χ2v) is 5.62. The van der Waals surface area contributed by atoms with E-state index in [0.29, 0.717) is 16.2 Å². The Morgan fingerprint density at radius 3 is 1.64 bits per heavy atom. The number of nitrogens with zero attached hydrogens (tertiary/aromatic N) is 4. The van der Waals surface area contributed by atoms with Crippen LogP contribution in [0.5, 0.6) is 0 Å². The molecule has 0 aliphatic rings. The molecule has 140 valence electrons. The van der Waals surface area contributed by atoms with Crippen LogP contribution in [0.15, 0.2) is 78.9 Å². The molecule has 0 amide bonds. The monoisotopic (exact) mass is 380 g/mol. The van der Waals surface area contributed by atoms with E-state index in [4.69, 9.17) is 0 Å². The largest absolute Gasteiger partial charge is 0.308 e. The minimum absolute atomic E-state index is 0.270. The van der Waals surface area contributed by atoms with Crippen molar-refractivity contribution in [2.75, 3.05) is 10.5 Å². The van der Waals surface area contributed by atoms with E-state index >= 15 is 0 Å². The van der Waals surface area contributed by atoms with Gasteiger partial charge < -0.3 is 0 Å². The molecule has 0 aliphatic carbocycles. The van der Waals surface area contributed by atoms with Crippen molar-refractivity contribution in [1.82, 2.24) is 0 Å². The molecule has 0 saturated carbocycles.